The summed E-state index contributed by atoms with van der Waals surface area (Å²) in [6.45, 7) is 2.16. The van der Waals surface area contributed by atoms with Crippen LogP contribution in [-0.2, 0) is 0 Å². The van der Waals surface area contributed by atoms with Gasteiger partial charge in [0.2, 0.25) is 0 Å². The molecule has 0 saturated heterocycles. The summed E-state index contributed by atoms with van der Waals surface area (Å²) in [5, 5.41) is 0. The van der Waals surface area contributed by atoms with Gasteiger partial charge in [0.1, 0.15) is 0 Å². The highest BCUT2D eigenvalue weighted by molar-refractivity contribution is 5.49. The van der Waals surface area contributed by atoms with Crippen LogP contribution in [0.5, 0.6) is 0 Å². The van der Waals surface area contributed by atoms with Gasteiger partial charge in [-0.15, -0.1) is 0 Å². The van der Waals surface area contributed by atoms with E-state index in [4.69, 9.17) is 0 Å². The summed E-state index contributed by atoms with van der Waals surface area (Å²) < 4.78 is 0. The van der Waals surface area contributed by atoms with Gasteiger partial charge in [-0.2, -0.15) is 0 Å². The third kappa shape index (κ3) is 2.35. The Bertz CT molecular complexity index is 427. The van der Waals surface area contributed by atoms with Crippen LogP contribution in [0.3, 0.4) is 0 Å². The zero-order valence-corrected chi connectivity index (χ0v) is 10.3. The lowest BCUT2D eigenvalue weighted by Gasteiger charge is -2.18. The number of rotatable bonds is 2. The fourth-order valence-corrected chi connectivity index (χ4v) is 2.01. The maximum Gasteiger partial charge on any atom is 0.0363 e. The topological polar surface area (TPSA) is 3.24 Å². The van der Waals surface area contributed by atoms with Crippen molar-refractivity contribution in [2.45, 2.75) is 19.3 Å². The number of anilines is 1. The second kappa shape index (κ2) is 4.56. The van der Waals surface area contributed by atoms with Crippen molar-refractivity contribution < 1.29 is 0 Å². The molecule has 0 fully saturated rings. The lowest BCUT2D eigenvalue weighted by atomic mass is 9.90. The monoisotopic (exact) mass is 213 g/mol. The molecule has 0 amide bonds. The minimum atomic E-state index is 0.545. The van der Waals surface area contributed by atoms with Gasteiger partial charge in [-0.3, -0.25) is 0 Å². The molecule has 1 atom stereocenters. The van der Waals surface area contributed by atoms with Gasteiger partial charge in [0.25, 0.3) is 0 Å². The van der Waals surface area contributed by atoms with Crippen molar-refractivity contribution in [1.29, 1.82) is 0 Å². The summed E-state index contributed by atoms with van der Waals surface area (Å²) in [6.07, 6.45) is 7.97. The van der Waals surface area contributed by atoms with Gasteiger partial charge < -0.3 is 4.90 Å². The maximum atomic E-state index is 2.31. The third-order valence-electron chi connectivity index (χ3n) is 3.10. The number of hydrogen-bond donors (Lipinski definition) is 0. The third-order valence-corrected chi connectivity index (χ3v) is 3.10. The van der Waals surface area contributed by atoms with Crippen LogP contribution in [0.4, 0.5) is 5.69 Å². The molecule has 0 radical (unpaired) electrons. The number of nitrogens with zero attached hydrogens (tertiary/aromatic N) is 1. The predicted molar refractivity (Wildman–Crippen MR) is 71.0 cm³/mol. The van der Waals surface area contributed by atoms with Crippen LogP contribution < -0.4 is 4.90 Å². The number of allylic oxidation sites excluding steroid dienone is 4. The minimum Gasteiger partial charge on any atom is -0.378 e. The molecule has 0 N–H and O–H groups in total. The van der Waals surface area contributed by atoms with E-state index in [1.807, 2.05) is 0 Å². The molecule has 1 unspecified atom stereocenters. The minimum absolute atomic E-state index is 0.545. The maximum absolute atomic E-state index is 2.31. The Hall–Kier alpha value is -1.50. The molecule has 0 heterocycles. The van der Waals surface area contributed by atoms with Gasteiger partial charge in [0, 0.05) is 25.7 Å². The average molecular weight is 213 g/mol. The molecule has 0 saturated carbocycles. The van der Waals surface area contributed by atoms with E-state index in [2.05, 4.69) is 68.4 Å². The molecule has 1 heteroatoms. The Morgan fingerprint density at radius 2 is 2.06 bits per heavy atom. The summed E-state index contributed by atoms with van der Waals surface area (Å²) in [7, 11) is 4.17. The summed E-state index contributed by atoms with van der Waals surface area (Å²) in [5.74, 6) is 0.545. The van der Waals surface area contributed by atoms with Crippen LogP contribution in [0.25, 0.3) is 0 Å². The van der Waals surface area contributed by atoms with Crippen LogP contribution in [0.15, 0.2) is 48.1 Å². The number of hydrogen-bond acceptors (Lipinski definition) is 1. The van der Waals surface area contributed by atoms with E-state index in [0.29, 0.717) is 5.92 Å². The first-order chi connectivity index (χ1) is 7.66. The molecule has 0 aromatic heterocycles. The first-order valence-corrected chi connectivity index (χ1v) is 5.79. The number of benzene rings is 1. The second-order valence-electron chi connectivity index (χ2n) is 4.64. The van der Waals surface area contributed by atoms with Crippen molar-refractivity contribution in [2.24, 2.45) is 0 Å². The molecular formula is C15H19N. The zero-order chi connectivity index (χ0) is 11.5. The fourth-order valence-electron chi connectivity index (χ4n) is 2.01. The Kier molecular flexibility index (Phi) is 3.14. The Morgan fingerprint density at radius 1 is 1.25 bits per heavy atom. The van der Waals surface area contributed by atoms with E-state index >= 15 is 0 Å². The molecule has 84 valence electrons. The van der Waals surface area contributed by atoms with Crippen molar-refractivity contribution in [1.82, 2.24) is 0 Å². The van der Waals surface area contributed by atoms with Crippen LogP contribution >= 0.6 is 0 Å². The smallest absolute Gasteiger partial charge is 0.0363 e. The van der Waals surface area contributed by atoms with Gasteiger partial charge in [0.05, 0.1) is 0 Å². The lowest BCUT2D eigenvalue weighted by Crippen LogP contribution is -2.09. The van der Waals surface area contributed by atoms with Crippen molar-refractivity contribution in [2.75, 3.05) is 19.0 Å². The molecular weight excluding hydrogens is 194 g/mol. The van der Waals surface area contributed by atoms with E-state index in [-0.39, 0.29) is 0 Å². The molecule has 1 aliphatic carbocycles. The van der Waals surface area contributed by atoms with E-state index in [9.17, 15) is 0 Å². The summed E-state index contributed by atoms with van der Waals surface area (Å²) in [5.41, 5.74) is 4.06. The van der Waals surface area contributed by atoms with Crippen LogP contribution in [-0.4, -0.2) is 14.1 Å². The molecule has 16 heavy (non-hydrogen) atoms. The highest BCUT2D eigenvalue weighted by Crippen LogP contribution is 2.28. The molecule has 1 aromatic carbocycles. The Labute approximate surface area is 98.1 Å². The lowest BCUT2D eigenvalue weighted by molar-refractivity contribution is 0.844. The van der Waals surface area contributed by atoms with Gasteiger partial charge in [-0.25, -0.2) is 0 Å². The van der Waals surface area contributed by atoms with E-state index in [0.717, 1.165) is 6.42 Å². The predicted octanol–water partition coefficient (Wildman–Crippen LogP) is 3.74. The van der Waals surface area contributed by atoms with E-state index in [1.165, 1.54) is 16.8 Å². The first kappa shape index (κ1) is 11.0. The molecule has 0 spiro atoms. The highest BCUT2D eigenvalue weighted by atomic mass is 15.1. The Morgan fingerprint density at radius 3 is 2.69 bits per heavy atom. The summed E-state index contributed by atoms with van der Waals surface area (Å²) in [4.78, 5) is 2.15. The van der Waals surface area contributed by atoms with Crippen molar-refractivity contribution in [3.8, 4) is 0 Å². The SMILES string of the molecule is CC1=CCC(c2cccc(N(C)C)c2)C=C1. The molecule has 0 bridgehead atoms. The van der Waals surface area contributed by atoms with Crippen LogP contribution in [0.1, 0.15) is 24.8 Å². The van der Waals surface area contributed by atoms with Crippen molar-refractivity contribution in [3.05, 3.63) is 53.6 Å². The standard InChI is InChI=1S/C15H19N/c1-12-7-9-13(10-8-12)14-5-4-6-15(11-14)16(2)3/h4-9,11,13H,10H2,1-3H3. The highest BCUT2D eigenvalue weighted by Gasteiger charge is 2.10. The molecule has 1 aliphatic rings. The van der Waals surface area contributed by atoms with Gasteiger partial charge >= 0.3 is 0 Å². The average Bonchev–Trinajstić information content (AvgIpc) is 2.30. The van der Waals surface area contributed by atoms with Gasteiger partial charge in [-0.05, 0) is 31.0 Å². The Balaban J connectivity index is 2.22. The molecule has 1 aromatic rings. The largest absolute Gasteiger partial charge is 0.378 e. The van der Waals surface area contributed by atoms with E-state index in [1.54, 1.807) is 0 Å². The zero-order valence-electron chi connectivity index (χ0n) is 10.3. The van der Waals surface area contributed by atoms with E-state index < -0.39 is 0 Å². The quantitative estimate of drug-likeness (QED) is 0.723. The van der Waals surface area contributed by atoms with Crippen molar-refractivity contribution in [3.63, 3.8) is 0 Å². The first-order valence-electron chi connectivity index (χ1n) is 5.79. The van der Waals surface area contributed by atoms with Crippen LogP contribution in [0, 0.1) is 0 Å². The summed E-state index contributed by atoms with van der Waals surface area (Å²) >= 11 is 0. The van der Waals surface area contributed by atoms with Crippen LogP contribution in [0.2, 0.25) is 0 Å². The molecule has 1 nitrogen and oxygen atoms in total. The van der Waals surface area contributed by atoms with Crippen molar-refractivity contribution >= 4 is 5.69 Å². The molecule has 0 aliphatic heterocycles. The second-order valence-corrected chi connectivity index (χ2v) is 4.64. The fraction of sp³-hybridized carbons (Fsp3) is 0.333. The molecule has 2 rings (SSSR count). The van der Waals surface area contributed by atoms with Gasteiger partial charge in [-0.1, -0.05) is 35.9 Å². The normalized spacial score (nSPS) is 19.4. The summed E-state index contributed by atoms with van der Waals surface area (Å²) in [6, 6.07) is 8.79. The van der Waals surface area contributed by atoms with Gasteiger partial charge in [0.15, 0.2) is 0 Å².